The number of nitrogens with two attached hydrogens (primary N) is 1. The Morgan fingerprint density at radius 1 is 0.947 bits per heavy atom. The van der Waals surface area contributed by atoms with Gasteiger partial charge in [-0.15, -0.1) is 0 Å². The maximum Gasteiger partial charge on any atom is 0.147 e. The first-order valence-corrected chi connectivity index (χ1v) is 6.78. The van der Waals surface area contributed by atoms with Gasteiger partial charge in [-0.05, 0) is 30.7 Å². The van der Waals surface area contributed by atoms with Crippen molar-refractivity contribution in [1.29, 1.82) is 0 Å². The second kappa shape index (κ2) is 6.02. The maximum atomic E-state index is 6.05. The summed E-state index contributed by atoms with van der Waals surface area (Å²) in [7, 11) is 0. The Morgan fingerprint density at radius 2 is 1.53 bits per heavy atom. The zero-order valence-electron chi connectivity index (χ0n) is 10.2. The summed E-state index contributed by atoms with van der Waals surface area (Å²) in [4.78, 5) is 0. The first-order valence-electron chi connectivity index (χ1n) is 5.65. The zero-order valence-corrected chi connectivity index (χ0v) is 12.4. The second-order valence-corrected chi connectivity index (χ2v) is 5.38. The molecule has 0 heterocycles. The summed E-state index contributed by atoms with van der Waals surface area (Å²) >= 11 is 17.8. The Balaban J connectivity index is 2.24. The molecular formula is C14H12Cl3NO. The topological polar surface area (TPSA) is 35.2 Å². The zero-order chi connectivity index (χ0) is 14.0. The van der Waals surface area contributed by atoms with E-state index in [0.29, 0.717) is 26.6 Å². The molecule has 0 saturated heterocycles. The van der Waals surface area contributed by atoms with Crippen molar-refractivity contribution in [3.8, 4) is 11.5 Å². The van der Waals surface area contributed by atoms with E-state index in [4.69, 9.17) is 45.3 Å². The van der Waals surface area contributed by atoms with Gasteiger partial charge in [0.1, 0.15) is 11.5 Å². The fourth-order valence-corrected chi connectivity index (χ4v) is 2.12. The highest BCUT2D eigenvalue weighted by Crippen LogP contribution is 2.36. The van der Waals surface area contributed by atoms with Gasteiger partial charge in [-0.25, -0.2) is 0 Å². The van der Waals surface area contributed by atoms with Crippen LogP contribution in [0.5, 0.6) is 11.5 Å². The molecule has 0 amide bonds. The van der Waals surface area contributed by atoms with E-state index in [2.05, 4.69) is 0 Å². The van der Waals surface area contributed by atoms with Crippen LogP contribution >= 0.6 is 34.8 Å². The van der Waals surface area contributed by atoms with Crippen molar-refractivity contribution in [3.63, 3.8) is 0 Å². The molecule has 0 fully saturated rings. The molecule has 1 atom stereocenters. The number of ether oxygens (including phenoxy) is 1. The number of benzene rings is 2. The SMILES string of the molecule is CC(N)c1ccc(Oc2cc(Cl)c(Cl)cc2Cl)cc1. The van der Waals surface area contributed by atoms with E-state index in [9.17, 15) is 0 Å². The van der Waals surface area contributed by atoms with Crippen molar-refractivity contribution < 1.29 is 4.74 Å². The molecule has 100 valence electrons. The largest absolute Gasteiger partial charge is 0.456 e. The molecule has 0 bridgehead atoms. The van der Waals surface area contributed by atoms with Crippen molar-refractivity contribution in [2.45, 2.75) is 13.0 Å². The van der Waals surface area contributed by atoms with Crippen LogP contribution in [0.25, 0.3) is 0 Å². The minimum Gasteiger partial charge on any atom is -0.456 e. The average molecular weight is 317 g/mol. The second-order valence-electron chi connectivity index (χ2n) is 4.16. The van der Waals surface area contributed by atoms with E-state index in [1.165, 1.54) is 0 Å². The molecule has 2 rings (SSSR count). The Bertz CT molecular complexity index is 582. The third-order valence-electron chi connectivity index (χ3n) is 2.61. The standard InChI is InChI=1S/C14H12Cl3NO/c1-8(18)9-2-4-10(5-3-9)19-14-7-12(16)11(15)6-13(14)17/h2-8H,18H2,1H3. The van der Waals surface area contributed by atoms with Crippen LogP contribution in [-0.2, 0) is 0 Å². The molecule has 0 radical (unpaired) electrons. The van der Waals surface area contributed by atoms with E-state index >= 15 is 0 Å². The maximum absolute atomic E-state index is 6.05. The van der Waals surface area contributed by atoms with Crippen LogP contribution in [0, 0.1) is 0 Å². The highest BCUT2D eigenvalue weighted by atomic mass is 35.5. The Hall–Kier alpha value is -0.930. The normalized spacial score (nSPS) is 12.3. The van der Waals surface area contributed by atoms with Crippen LogP contribution in [0.3, 0.4) is 0 Å². The van der Waals surface area contributed by atoms with Crippen LogP contribution in [0.4, 0.5) is 0 Å². The predicted molar refractivity (Wildman–Crippen MR) is 80.6 cm³/mol. The predicted octanol–water partition coefficient (Wildman–Crippen LogP) is 5.46. The van der Waals surface area contributed by atoms with Gasteiger partial charge >= 0.3 is 0 Å². The van der Waals surface area contributed by atoms with E-state index in [1.807, 2.05) is 31.2 Å². The number of rotatable bonds is 3. The van der Waals surface area contributed by atoms with Gasteiger partial charge in [0.2, 0.25) is 0 Å². The van der Waals surface area contributed by atoms with E-state index < -0.39 is 0 Å². The minimum absolute atomic E-state index is 0.0115. The molecule has 0 aliphatic carbocycles. The van der Waals surface area contributed by atoms with Crippen molar-refractivity contribution in [1.82, 2.24) is 0 Å². The highest BCUT2D eigenvalue weighted by molar-refractivity contribution is 6.43. The molecule has 0 spiro atoms. The van der Waals surface area contributed by atoms with Crippen molar-refractivity contribution in [2.24, 2.45) is 5.73 Å². The molecule has 2 aromatic carbocycles. The van der Waals surface area contributed by atoms with E-state index in [1.54, 1.807) is 12.1 Å². The van der Waals surface area contributed by atoms with Gasteiger partial charge in [-0.2, -0.15) is 0 Å². The van der Waals surface area contributed by atoms with E-state index in [-0.39, 0.29) is 6.04 Å². The van der Waals surface area contributed by atoms with Crippen LogP contribution in [0.2, 0.25) is 15.1 Å². The summed E-state index contributed by atoms with van der Waals surface area (Å²) in [5, 5.41) is 1.20. The number of hydrogen-bond donors (Lipinski definition) is 1. The van der Waals surface area contributed by atoms with Crippen LogP contribution in [0.1, 0.15) is 18.5 Å². The Morgan fingerprint density at radius 3 is 2.11 bits per heavy atom. The first kappa shape index (κ1) is 14.5. The van der Waals surface area contributed by atoms with Crippen molar-refractivity contribution >= 4 is 34.8 Å². The lowest BCUT2D eigenvalue weighted by molar-refractivity contribution is 0.482. The third-order valence-corrected chi connectivity index (χ3v) is 3.63. The van der Waals surface area contributed by atoms with Crippen molar-refractivity contribution in [2.75, 3.05) is 0 Å². The van der Waals surface area contributed by atoms with E-state index in [0.717, 1.165) is 5.56 Å². The first-order chi connectivity index (χ1) is 8.97. The molecule has 0 aliphatic rings. The number of halogens is 3. The quantitative estimate of drug-likeness (QED) is 0.763. The smallest absolute Gasteiger partial charge is 0.147 e. The molecule has 19 heavy (non-hydrogen) atoms. The monoisotopic (exact) mass is 315 g/mol. The summed E-state index contributed by atoms with van der Waals surface area (Å²) in [6.45, 7) is 1.92. The summed E-state index contributed by atoms with van der Waals surface area (Å²) in [5.74, 6) is 1.12. The lowest BCUT2D eigenvalue weighted by atomic mass is 10.1. The summed E-state index contributed by atoms with van der Waals surface area (Å²) in [6.07, 6.45) is 0. The van der Waals surface area contributed by atoms with Gasteiger partial charge in [0, 0.05) is 12.1 Å². The fraction of sp³-hybridized carbons (Fsp3) is 0.143. The van der Waals surface area contributed by atoms with Crippen molar-refractivity contribution in [3.05, 3.63) is 57.0 Å². The Kier molecular flexibility index (Phi) is 4.58. The van der Waals surface area contributed by atoms with Crippen LogP contribution in [-0.4, -0.2) is 0 Å². The molecule has 0 aromatic heterocycles. The lowest BCUT2D eigenvalue weighted by Gasteiger charge is -2.10. The highest BCUT2D eigenvalue weighted by Gasteiger charge is 2.08. The van der Waals surface area contributed by atoms with Crippen LogP contribution < -0.4 is 10.5 Å². The molecular weight excluding hydrogens is 305 g/mol. The van der Waals surface area contributed by atoms with Gasteiger partial charge in [0.25, 0.3) is 0 Å². The summed E-state index contributed by atoms with van der Waals surface area (Å²) in [5.41, 5.74) is 6.82. The fourth-order valence-electron chi connectivity index (χ4n) is 1.55. The molecule has 5 heteroatoms. The van der Waals surface area contributed by atoms with Gasteiger partial charge in [-0.1, -0.05) is 46.9 Å². The third kappa shape index (κ3) is 3.54. The lowest BCUT2D eigenvalue weighted by Crippen LogP contribution is -2.04. The Labute approximate surface area is 127 Å². The summed E-state index contributed by atoms with van der Waals surface area (Å²) in [6, 6.07) is 10.6. The summed E-state index contributed by atoms with van der Waals surface area (Å²) < 4.78 is 5.66. The number of hydrogen-bond acceptors (Lipinski definition) is 2. The minimum atomic E-state index is -0.0115. The van der Waals surface area contributed by atoms with Gasteiger partial charge in [-0.3, -0.25) is 0 Å². The van der Waals surface area contributed by atoms with Gasteiger partial charge < -0.3 is 10.5 Å². The molecule has 0 saturated carbocycles. The molecule has 2 nitrogen and oxygen atoms in total. The molecule has 0 aliphatic heterocycles. The van der Waals surface area contributed by atoms with Crippen LogP contribution in [0.15, 0.2) is 36.4 Å². The molecule has 2 N–H and O–H groups in total. The van der Waals surface area contributed by atoms with Gasteiger partial charge in [0.05, 0.1) is 15.1 Å². The van der Waals surface area contributed by atoms with Gasteiger partial charge in [0.15, 0.2) is 0 Å². The average Bonchev–Trinajstić information content (AvgIpc) is 2.36. The molecule has 1 unspecified atom stereocenters. The molecule has 2 aromatic rings.